The van der Waals surface area contributed by atoms with Gasteiger partial charge in [-0.3, -0.25) is 0 Å². The smallest absolute Gasteiger partial charge is 0.412 e. The summed E-state index contributed by atoms with van der Waals surface area (Å²) in [6, 6.07) is -1.11. The van der Waals surface area contributed by atoms with E-state index in [0.717, 1.165) is 0 Å². The van der Waals surface area contributed by atoms with Crippen LogP contribution in [0.4, 0.5) is 4.79 Å². The molecule has 0 aliphatic carbocycles. The Morgan fingerprint density at radius 3 is 2.64 bits per heavy atom. The van der Waals surface area contributed by atoms with Crippen molar-refractivity contribution >= 4 is 23.2 Å². The van der Waals surface area contributed by atoms with Crippen LogP contribution in [0.25, 0.3) is 0 Å². The summed E-state index contributed by atoms with van der Waals surface area (Å²) < 4.78 is 15.1. The van der Waals surface area contributed by atoms with Gasteiger partial charge in [-0.15, -0.1) is 0 Å². The molecule has 0 aliphatic rings. The van der Waals surface area contributed by atoms with Crippen molar-refractivity contribution in [3.63, 3.8) is 0 Å². The van der Waals surface area contributed by atoms with E-state index in [4.69, 9.17) is 5.73 Å². The van der Waals surface area contributed by atoms with Gasteiger partial charge in [-0.05, 0) is 17.3 Å². The lowest BCUT2D eigenvalue weighted by molar-refractivity contribution is -0.138. The molecule has 0 aromatic carbocycles. The zero-order chi connectivity index (χ0) is 11.1. The summed E-state index contributed by atoms with van der Waals surface area (Å²) in [5.74, 6) is -0.828. The SMILES string of the molecule is C=CC[S+]([O-])C[C@H](N)C(=O)OC(N)=O. The van der Waals surface area contributed by atoms with Gasteiger partial charge in [0.15, 0.2) is 0 Å². The molecule has 0 heterocycles. The van der Waals surface area contributed by atoms with Crippen molar-refractivity contribution in [3.8, 4) is 0 Å². The van der Waals surface area contributed by atoms with Crippen molar-refractivity contribution in [3.05, 3.63) is 12.7 Å². The Balaban J connectivity index is 3.93. The van der Waals surface area contributed by atoms with Crippen LogP contribution in [0.3, 0.4) is 0 Å². The van der Waals surface area contributed by atoms with Crippen LogP contribution < -0.4 is 11.5 Å². The first-order chi connectivity index (χ1) is 6.47. The molecule has 1 amide bonds. The minimum atomic E-state index is -1.28. The molecule has 7 heteroatoms. The first kappa shape index (κ1) is 12.9. The van der Waals surface area contributed by atoms with Crippen molar-refractivity contribution in [2.75, 3.05) is 11.5 Å². The Labute approximate surface area is 84.5 Å². The molecule has 0 rings (SSSR count). The summed E-state index contributed by atoms with van der Waals surface area (Å²) in [6.45, 7) is 3.38. The van der Waals surface area contributed by atoms with E-state index in [9.17, 15) is 14.1 Å². The average Bonchev–Trinajstić information content (AvgIpc) is 2.02. The molecule has 1 unspecified atom stereocenters. The Morgan fingerprint density at radius 1 is 1.64 bits per heavy atom. The molecule has 0 fully saturated rings. The molecule has 4 N–H and O–H groups in total. The molecule has 0 aromatic heterocycles. The second kappa shape index (κ2) is 6.41. The zero-order valence-corrected chi connectivity index (χ0v) is 8.29. The largest absolute Gasteiger partial charge is 0.616 e. The fourth-order valence-electron chi connectivity index (χ4n) is 0.643. The van der Waals surface area contributed by atoms with E-state index in [1.165, 1.54) is 6.08 Å². The molecule has 14 heavy (non-hydrogen) atoms. The van der Waals surface area contributed by atoms with Gasteiger partial charge in [-0.25, -0.2) is 9.59 Å². The van der Waals surface area contributed by atoms with Crippen LogP contribution in [0.5, 0.6) is 0 Å². The van der Waals surface area contributed by atoms with Crippen LogP contribution >= 0.6 is 0 Å². The van der Waals surface area contributed by atoms with Gasteiger partial charge in [0.1, 0.15) is 17.5 Å². The third kappa shape index (κ3) is 5.57. The maximum Gasteiger partial charge on any atom is 0.412 e. The molecule has 6 nitrogen and oxygen atoms in total. The van der Waals surface area contributed by atoms with Crippen molar-refractivity contribution in [1.29, 1.82) is 0 Å². The zero-order valence-electron chi connectivity index (χ0n) is 7.47. The summed E-state index contributed by atoms with van der Waals surface area (Å²) in [5, 5.41) is 0. The summed E-state index contributed by atoms with van der Waals surface area (Å²) in [7, 11) is 0. The Hall–Kier alpha value is -1.05. The number of primary amides is 1. The Kier molecular flexibility index (Phi) is 5.93. The van der Waals surface area contributed by atoms with Crippen molar-refractivity contribution in [1.82, 2.24) is 0 Å². The highest BCUT2D eigenvalue weighted by Gasteiger charge is 2.22. The van der Waals surface area contributed by atoms with Crippen LogP contribution in [0.2, 0.25) is 0 Å². The van der Waals surface area contributed by atoms with Crippen molar-refractivity contribution < 1.29 is 18.9 Å². The van der Waals surface area contributed by atoms with E-state index in [-0.39, 0.29) is 11.5 Å². The van der Waals surface area contributed by atoms with Gasteiger partial charge >= 0.3 is 12.1 Å². The molecule has 0 bridgehead atoms. The van der Waals surface area contributed by atoms with E-state index in [2.05, 4.69) is 17.0 Å². The molecule has 0 radical (unpaired) electrons. The number of carbonyl (C=O) groups excluding carboxylic acids is 2. The summed E-state index contributed by atoms with van der Waals surface area (Å²) in [6.07, 6.45) is 0.224. The van der Waals surface area contributed by atoms with Crippen molar-refractivity contribution in [2.45, 2.75) is 6.04 Å². The molecule has 0 aliphatic heterocycles. The Bertz CT molecular complexity index is 234. The minimum absolute atomic E-state index is 0.0852. The number of hydrogen-bond acceptors (Lipinski definition) is 5. The van der Waals surface area contributed by atoms with Gasteiger partial charge in [0.2, 0.25) is 0 Å². The van der Waals surface area contributed by atoms with Gasteiger partial charge in [0.25, 0.3) is 0 Å². The third-order valence-electron chi connectivity index (χ3n) is 1.17. The molecular weight excluding hydrogens is 208 g/mol. The van der Waals surface area contributed by atoms with Crippen molar-refractivity contribution in [2.24, 2.45) is 11.5 Å². The first-order valence-corrected chi connectivity index (χ1v) is 5.18. The predicted octanol–water partition coefficient (Wildman–Crippen LogP) is -1.13. The highest BCUT2D eigenvalue weighted by Crippen LogP contribution is 1.96. The highest BCUT2D eigenvalue weighted by atomic mass is 32.2. The number of hydrogen-bond donors (Lipinski definition) is 2. The minimum Gasteiger partial charge on any atom is -0.616 e. The van der Waals surface area contributed by atoms with Gasteiger partial charge in [0.05, 0.1) is 0 Å². The summed E-state index contributed by atoms with van der Waals surface area (Å²) >= 11 is -1.28. The van der Waals surface area contributed by atoms with E-state index in [0.29, 0.717) is 0 Å². The Morgan fingerprint density at radius 2 is 2.21 bits per heavy atom. The van der Waals surface area contributed by atoms with Crippen LogP contribution in [-0.4, -0.2) is 34.2 Å². The number of nitrogens with two attached hydrogens (primary N) is 2. The molecule has 0 saturated carbocycles. The maximum absolute atomic E-state index is 11.1. The number of ether oxygens (including phenoxy) is 1. The molecule has 80 valence electrons. The van der Waals surface area contributed by atoms with E-state index in [1.807, 2.05) is 0 Å². The lowest BCUT2D eigenvalue weighted by Gasteiger charge is -2.12. The molecule has 0 spiro atoms. The normalized spacial score (nSPS) is 14.1. The van der Waals surface area contributed by atoms with Gasteiger partial charge in [-0.1, -0.05) is 6.58 Å². The summed E-state index contributed by atoms with van der Waals surface area (Å²) in [4.78, 5) is 21.0. The molecule has 2 atom stereocenters. The molecule has 0 aromatic rings. The van der Waals surface area contributed by atoms with E-state index < -0.39 is 29.3 Å². The first-order valence-electron chi connectivity index (χ1n) is 3.70. The van der Waals surface area contributed by atoms with Crippen LogP contribution in [0.1, 0.15) is 0 Å². The number of esters is 1. The van der Waals surface area contributed by atoms with Crippen LogP contribution in [-0.2, 0) is 20.7 Å². The molecule has 0 saturated heterocycles. The number of amides is 1. The number of carbonyl (C=O) groups is 2. The second-order valence-electron chi connectivity index (χ2n) is 2.41. The quantitative estimate of drug-likeness (QED) is 0.263. The fourth-order valence-corrected chi connectivity index (χ4v) is 1.58. The molecular formula is C7H12N2O4S. The maximum atomic E-state index is 11.1. The van der Waals surface area contributed by atoms with E-state index in [1.54, 1.807) is 0 Å². The van der Waals surface area contributed by atoms with Crippen LogP contribution in [0, 0.1) is 0 Å². The third-order valence-corrected chi connectivity index (χ3v) is 2.51. The van der Waals surface area contributed by atoms with Gasteiger partial charge < -0.3 is 20.8 Å². The van der Waals surface area contributed by atoms with Crippen LogP contribution in [0.15, 0.2) is 12.7 Å². The van der Waals surface area contributed by atoms with Gasteiger partial charge in [0, 0.05) is 0 Å². The lowest BCUT2D eigenvalue weighted by Crippen LogP contribution is -2.41. The fraction of sp³-hybridized carbons (Fsp3) is 0.429. The van der Waals surface area contributed by atoms with Gasteiger partial charge in [-0.2, -0.15) is 0 Å². The second-order valence-corrected chi connectivity index (χ2v) is 3.95. The topological polar surface area (TPSA) is 118 Å². The monoisotopic (exact) mass is 220 g/mol. The number of rotatable bonds is 5. The summed E-state index contributed by atoms with van der Waals surface area (Å²) in [5.41, 5.74) is 9.88. The standard InChI is InChI=1S/C7H12N2O4S/c1-2-3-14(12)4-5(8)6(10)13-7(9)11/h2,5H,1,3-4,8H2,(H2,9,11)/t5-,14?/m0/s1. The average molecular weight is 220 g/mol. The van der Waals surface area contributed by atoms with E-state index >= 15 is 0 Å². The predicted molar refractivity (Wildman–Crippen MR) is 51.7 cm³/mol. The lowest BCUT2D eigenvalue weighted by atomic mass is 10.4. The highest BCUT2D eigenvalue weighted by molar-refractivity contribution is 7.91.